The summed E-state index contributed by atoms with van der Waals surface area (Å²) < 4.78 is 11.4. The minimum atomic E-state index is -0.124. The van der Waals surface area contributed by atoms with Crippen LogP contribution in [0, 0.1) is 11.3 Å². The zero-order valence-electron chi connectivity index (χ0n) is 13.1. The lowest BCUT2D eigenvalue weighted by Gasteiger charge is -2.63. The van der Waals surface area contributed by atoms with E-state index in [4.69, 9.17) is 15.2 Å². The number of fused-ring (bicyclic) bond motifs is 1. The maximum absolute atomic E-state index is 6.74. The Balaban J connectivity index is 1.87. The van der Waals surface area contributed by atoms with Crippen molar-refractivity contribution in [2.24, 2.45) is 17.1 Å². The van der Waals surface area contributed by atoms with Crippen LogP contribution in [0.4, 0.5) is 0 Å². The van der Waals surface area contributed by atoms with Gasteiger partial charge < -0.3 is 20.1 Å². The van der Waals surface area contributed by atoms with Crippen molar-refractivity contribution in [1.29, 1.82) is 0 Å². The molecule has 4 nitrogen and oxygen atoms in total. The molecule has 19 heavy (non-hydrogen) atoms. The summed E-state index contributed by atoms with van der Waals surface area (Å²) in [6.45, 7) is 12.1. The Morgan fingerprint density at radius 3 is 2.74 bits per heavy atom. The van der Waals surface area contributed by atoms with E-state index in [9.17, 15) is 0 Å². The van der Waals surface area contributed by atoms with E-state index in [1.807, 2.05) is 0 Å². The van der Waals surface area contributed by atoms with Gasteiger partial charge in [0.15, 0.2) is 0 Å². The van der Waals surface area contributed by atoms with Crippen LogP contribution < -0.4 is 5.73 Å². The van der Waals surface area contributed by atoms with E-state index < -0.39 is 0 Å². The van der Waals surface area contributed by atoms with E-state index >= 15 is 0 Å². The molecule has 3 unspecified atom stereocenters. The van der Waals surface area contributed by atoms with Crippen molar-refractivity contribution in [2.45, 2.75) is 51.9 Å². The second-order valence-corrected chi connectivity index (χ2v) is 7.11. The summed E-state index contributed by atoms with van der Waals surface area (Å²) in [5.41, 5.74) is 6.68. The molecule has 1 saturated carbocycles. The fourth-order valence-electron chi connectivity index (χ4n) is 3.77. The second-order valence-electron chi connectivity index (χ2n) is 7.11. The Bertz CT molecular complexity index is 319. The van der Waals surface area contributed by atoms with Gasteiger partial charge in [0.2, 0.25) is 0 Å². The van der Waals surface area contributed by atoms with Crippen LogP contribution in [0.2, 0.25) is 0 Å². The Kier molecular flexibility index (Phi) is 4.26. The molecule has 1 saturated heterocycles. The summed E-state index contributed by atoms with van der Waals surface area (Å²) in [6.07, 6.45) is 1.77. The predicted octanol–water partition coefficient (Wildman–Crippen LogP) is 1.49. The van der Waals surface area contributed by atoms with Gasteiger partial charge >= 0.3 is 0 Å². The largest absolute Gasteiger partial charge is 0.377 e. The molecule has 112 valence electrons. The van der Waals surface area contributed by atoms with Gasteiger partial charge in [-0.15, -0.1) is 0 Å². The van der Waals surface area contributed by atoms with E-state index in [1.54, 1.807) is 0 Å². The first-order chi connectivity index (χ1) is 8.79. The van der Waals surface area contributed by atoms with Crippen LogP contribution in [0.3, 0.4) is 0 Å². The standard InChI is InChI=1S/C15H30N2O2/c1-11(2)18-9-7-17(5)10-15(16)12-6-8-19-13(12)14(15,3)4/h11-13H,6-10,16H2,1-5H3. The highest BCUT2D eigenvalue weighted by atomic mass is 16.5. The molecule has 4 heteroatoms. The van der Waals surface area contributed by atoms with Gasteiger partial charge in [-0.05, 0) is 27.3 Å². The van der Waals surface area contributed by atoms with E-state index in [1.165, 1.54) is 0 Å². The molecule has 0 amide bonds. The van der Waals surface area contributed by atoms with E-state index in [-0.39, 0.29) is 11.0 Å². The van der Waals surface area contributed by atoms with Crippen molar-refractivity contribution in [3.05, 3.63) is 0 Å². The van der Waals surface area contributed by atoms with Crippen LogP contribution in [-0.4, -0.2) is 56.0 Å². The lowest BCUT2D eigenvalue weighted by Crippen LogP contribution is -2.78. The molecule has 0 radical (unpaired) electrons. The SMILES string of the molecule is CC(C)OCCN(C)CC1(N)C2CCOC2C1(C)C. The molecule has 0 bridgehead atoms. The second kappa shape index (κ2) is 5.32. The van der Waals surface area contributed by atoms with Crippen molar-refractivity contribution < 1.29 is 9.47 Å². The van der Waals surface area contributed by atoms with Gasteiger partial charge in [-0.3, -0.25) is 0 Å². The average molecular weight is 270 g/mol. The third-order valence-corrected chi connectivity index (χ3v) is 5.12. The quantitative estimate of drug-likeness (QED) is 0.794. The number of rotatable bonds is 6. The Morgan fingerprint density at radius 1 is 1.42 bits per heavy atom. The molecule has 1 aliphatic carbocycles. The number of likely N-dealkylation sites (N-methyl/N-ethyl adjacent to an activating group) is 1. The van der Waals surface area contributed by atoms with E-state index in [0.717, 1.165) is 32.7 Å². The van der Waals surface area contributed by atoms with Gasteiger partial charge in [0.1, 0.15) is 0 Å². The molecule has 2 aliphatic rings. The summed E-state index contributed by atoms with van der Waals surface area (Å²) in [7, 11) is 2.14. The van der Waals surface area contributed by atoms with Gasteiger partial charge in [0, 0.05) is 36.6 Å². The molecule has 2 rings (SSSR count). The molecule has 3 atom stereocenters. The minimum Gasteiger partial charge on any atom is -0.377 e. The first kappa shape index (κ1) is 15.2. The molecule has 1 heterocycles. The Labute approximate surface area is 117 Å². The summed E-state index contributed by atoms with van der Waals surface area (Å²) in [6, 6.07) is 0. The van der Waals surface area contributed by atoms with E-state index in [2.05, 4.69) is 39.6 Å². The first-order valence-electron chi connectivity index (χ1n) is 7.49. The van der Waals surface area contributed by atoms with Crippen LogP contribution in [-0.2, 0) is 9.47 Å². The van der Waals surface area contributed by atoms with Crippen LogP contribution >= 0.6 is 0 Å². The smallest absolute Gasteiger partial charge is 0.0691 e. The third kappa shape index (κ3) is 2.56. The van der Waals surface area contributed by atoms with Crippen LogP contribution in [0.5, 0.6) is 0 Å². The highest BCUT2D eigenvalue weighted by Crippen LogP contribution is 2.58. The van der Waals surface area contributed by atoms with Gasteiger partial charge in [-0.25, -0.2) is 0 Å². The minimum absolute atomic E-state index is 0.0708. The predicted molar refractivity (Wildman–Crippen MR) is 77.1 cm³/mol. The van der Waals surface area contributed by atoms with Crippen molar-refractivity contribution >= 4 is 0 Å². The Hall–Kier alpha value is -0.160. The molecule has 2 N–H and O–H groups in total. The lowest BCUT2D eigenvalue weighted by molar-refractivity contribution is -0.162. The van der Waals surface area contributed by atoms with Crippen LogP contribution in [0.15, 0.2) is 0 Å². The zero-order chi connectivity index (χ0) is 14.3. The van der Waals surface area contributed by atoms with Crippen molar-refractivity contribution in [2.75, 3.05) is 33.4 Å². The van der Waals surface area contributed by atoms with Crippen molar-refractivity contribution in [1.82, 2.24) is 4.90 Å². The zero-order valence-corrected chi connectivity index (χ0v) is 13.1. The fourth-order valence-corrected chi connectivity index (χ4v) is 3.77. The van der Waals surface area contributed by atoms with Crippen molar-refractivity contribution in [3.63, 3.8) is 0 Å². The molecule has 2 fully saturated rings. The fraction of sp³-hybridized carbons (Fsp3) is 1.00. The van der Waals surface area contributed by atoms with E-state index in [0.29, 0.717) is 18.1 Å². The molecule has 0 aromatic rings. The highest BCUT2D eigenvalue weighted by molar-refractivity contribution is 5.21. The molecule has 0 spiro atoms. The summed E-state index contributed by atoms with van der Waals surface area (Å²) >= 11 is 0. The van der Waals surface area contributed by atoms with Crippen LogP contribution in [0.25, 0.3) is 0 Å². The van der Waals surface area contributed by atoms with Gasteiger partial charge in [-0.1, -0.05) is 13.8 Å². The normalized spacial score (nSPS) is 36.6. The maximum Gasteiger partial charge on any atom is 0.0691 e. The van der Waals surface area contributed by atoms with Gasteiger partial charge in [-0.2, -0.15) is 0 Å². The number of nitrogens with zero attached hydrogens (tertiary/aromatic N) is 1. The number of nitrogens with two attached hydrogens (primary N) is 1. The topological polar surface area (TPSA) is 47.7 Å². The van der Waals surface area contributed by atoms with Gasteiger partial charge in [0.05, 0.1) is 18.8 Å². The molecular weight excluding hydrogens is 240 g/mol. The van der Waals surface area contributed by atoms with Crippen LogP contribution in [0.1, 0.15) is 34.1 Å². The molecule has 1 aliphatic heterocycles. The van der Waals surface area contributed by atoms with Crippen molar-refractivity contribution in [3.8, 4) is 0 Å². The number of hydrogen-bond acceptors (Lipinski definition) is 4. The maximum atomic E-state index is 6.74. The third-order valence-electron chi connectivity index (χ3n) is 5.12. The molecule has 0 aromatic heterocycles. The summed E-state index contributed by atoms with van der Waals surface area (Å²) in [4.78, 5) is 2.30. The summed E-state index contributed by atoms with van der Waals surface area (Å²) in [5, 5.41) is 0. The molecule has 0 aromatic carbocycles. The summed E-state index contributed by atoms with van der Waals surface area (Å²) in [5.74, 6) is 0.524. The first-order valence-corrected chi connectivity index (χ1v) is 7.49. The number of hydrogen-bond donors (Lipinski definition) is 1. The number of ether oxygens (including phenoxy) is 2. The Morgan fingerprint density at radius 2 is 2.11 bits per heavy atom. The monoisotopic (exact) mass is 270 g/mol. The molecular formula is C15H30N2O2. The lowest BCUT2D eigenvalue weighted by atomic mass is 9.48. The average Bonchev–Trinajstić information content (AvgIpc) is 2.75. The van der Waals surface area contributed by atoms with Gasteiger partial charge in [0.25, 0.3) is 0 Å². The highest BCUT2D eigenvalue weighted by Gasteiger charge is 2.67.